The maximum Gasteiger partial charge on any atom is 0.223 e. The van der Waals surface area contributed by atoms with Crippen molar-refractivity contribution in [1.82, 2.24) is 20.3 Å². The highest BCUT2D eigenvalue weighted by molar-refractivity contribution is 6.41. The van der Waals surface area contributed by atoms with Crippen molar-refractivity contribution in [3.63, 3.8) is 0 Å². The predicted molar refractivity (Wildman–Crippen MR) is 168 cm³/mol. The van der Waals surface area contributed by atoms with Crippen LogP contribution in [0.1, 0.15) is 33.1 Å². The Morgan fingerprint density at radius 3 is 2.50 bits per heavy atom. The van der Waals surface area contributed by atoms with E-state index in [-0.39, 0.29) is 17.7 Å². The van der Waals surface area contributed by atoms with E-state index in [4.69, 9.17) is 47.4 Å². The van der Waals surface area contributed by atoms with Gasteiger partial charge in [0.25, 0.3) is 0 Å². The number of hydrogen-bond acceptors (Lipinski definition) is 10. The van der Waals surface area contributed by atoms with Crippen molar-refractivity contribution in [2.75, 3.05) is 51.2 Å². The fraction of sp³-hybridized carbons (Fsp3) is 0.467. The van der Waals surface area contributed by atoms with E-state index in [1.807, 2.05) is 6.07 Å². The molecule has 3 heterocycles. The van der Waals surface area contributed by atoms with Crippen LogP contribution in [0.15, 0.2) is 31.0 Å². The van der Waals surface area contributed by atoms with Crippen LogP contribution in [0.25, 0.3) is 22.2 Å². The van der Waals surface area contributed by atoms with E-state index in [9.17, 15) is 4.79 Å². The summed E-state index contributed by atoms with van der Waals surface area (Å²) in [6, 6.07) is 3.82. The normalized spacial score (nSPS) is 16.5. The quantitative estimate of drug-likeness (QED) is 0.143. The molecule has 1 aliphatic rings. The lowest BCUT2D eigenvalue weighted by atomic mass is 9.97. The molecule has 226 valence electrons. The monoisotopic (exact) mass is 616 g/mol. The van der Waals surface area contributed by atoms with Gasteiger partial charge in [0.2, 0.25) is 5.95 Å². The Morgan fingerprint density at radius 2 is 1.83 bits per heavy atom. The van der Waals surface area contributed by atoms with Crippen LogP contribution in [0.4, 0.5) is 11.8 Å². The maximum absolute atomic E-state index is 12.0. The van der Waals surface area contributed by atoms with Gasteiger partial charge in [-0.25, -0.2) is 15.0 Å². The predicted octanol–water partition coefficient (Wildman–Crippen LogP) is 5.78. The van der Waals surface area contributed by atoms with Gasteiger partial charge in [-0.15, -0.1) is 0 Å². The Hall–Kier alpha value is -3.18. The number of nitrogens with zero attached hydrogens (tertiary/aromatic N) is 3. The van der Waals surface area contributed by atoms with Gasteiger partial charge in [-0.2, -0.15) is 0 Å². The molecular formula is C30H38Cl2N6O4. The molecule has 3 N–H and O–H groups in total. The van der Waals surface area contributed by atoms with Crippen molar-refractivity contribution in [1.29, 1.82) is 0 Å². The summed E-state index contributed by atoms with van der Waals surface area (Å²) < 4.78 is 16.6. The van der Waals surface area contributed by atoms with Crippen LogP contribution < -0.4 is 25.4 Å². The molecule has 2 aromatic heterocycles. The minimum absolute atomic E-state index is 0.000308. The third-order valence-electron chi connectivity index (χ3n) is 7.05. The number of hydrogen-bond donors (Lipinski definition) is 3. The topological polar surface area (TPSA) is 120 Å². The number of ketones is 1. The largest absolute Gasteiger partial charge is 0.495 e. The fourth-order valence-corrected chi connectivity index (χ4v) is 5.48. The van der Waals surface area contributed by atoms with Gasteiger partial charge in [-0.1, -0.05) is 43.6 Å². The first-order valence-corrected chi connectivity index (χ1v) is 14.8. The molecule has 12 heteroatoms. The second kappa shape index (κ2) is 14.8. The zero-order valence-corrected chi connectivity index (χ0v) is 25.9. The van der Waals surface area contributed by atoms with Crippen molar-refractivity contribution in [3.8, 4) is 22.8 Å². The van der Waals surface area contributed by atoms with Crippen LogP contribution in [-0.4, -0.2) is 73.3 Å². The van der Waals surface area contributed by atoms with E-state index < -0.39 is 0 Å². The number of carbonyl (C=O) groups is 1. The second-order valence-corrected chi connectivity index (χ2v) is 11.2. The molecule has 0 spiro atoms. The van der Waals surface area contributed by atoms with Crippen LogP contribution in [0, 0.1) is 5.92 Å². The first-order valence-electron chi connectivity index (χ1n) is 14.0. The highest BCUT2D eigenvalue weighted by Gasteiger charge is 2.30. The number of fused-ring (bicyclic) bond motifs is 1. The summed E-state index contributed by atoms with van der Waals surface area (Å²) in [4.78, 5) is 26.3. The average Bonchev–Trinajstić information content (AvgIpc) is 3.40. The number of aromatic nitrogens is 3. The minimum atomic E-state index is -0.106. The Kier molecular flexibility index (Phi) is 11.2. The molecule has 0 amide bonds. The second-order valence-electron chi connectivity index (χ2n) is 10.4. The number of anilines is 2. The molecular weight excluding hydrogens is 579 g/mol. The van der Waals surface area contributed by atoms with Crippen LogP contribution in [0.3, 0.4) is 0 Å². The van der Waals surface area contributed by atoms with Gasteiger partial charge in [0.1, 0.15) is 17.0 Å². The highest BCUT2D eigenvalue weighted by Crippen LogP contribution is 2.46. The molecule has 42 heavy (non-hydrogen) atoms. The molecule has 0 saturated carbocycles. The van der Waals surface area contributed by atoms with Crippen molar-refractivity contribution < 1.29 is 19.0 Å². The van der Waals surface area contributed by atoms with Crippen LogP contribution in [-0.2, 0) is 9.53 Å². The molecule has 0 radical (unpaired) electrons. The van der Waals surface area contributed by atoms with Crippen molar-refractivity contribution in [2.24, 2.45) is 5.92 Å². The molecule has 4 rings (SSSR count). The fourth-order valence-electron chi connectivity index (χ4n) is 4.79. The summed E-state index contributed by atoms with van der Waals surface area (Å²) in [6.07, 6.45) is 5.35. The van der Waals surface area contributed by atoms with Gasteiger partial charge in [0, 0.05) is 48.1 Å². The molecule has 0 aliphatic carbocycles. The molecule has 3 aromatic rings. The maximum atomic E-state index is 12.0. The lowest BCUT2D eigenvalue weighted by molar-refractivity contribution is -0.115. The van der Waals surface area contributed by atoms with E-state index in [1.165, 1.54) is 20.3 Å². The Balaban J connectivity index is 1.69. The first kappa shape index (κ1) is 31.7. The van der Waals surface area contributed by atoms with E-state index in [2.05, 4.69) is 41.4 Å². The molecule has 1 saturated heterocycles. The van der Waals surface area contributed by atoms with Gasteiger partial charge >= 0.3 is 0 Å². The van der Waals surface area contributed by atoms with E-state index in [1.54, 1.807) is 12.3 Å². The number of unbranched alkanes of at least 4 members (excludes halogenated alkanes) is 1. The Labute approximate surface area is 256 Å². The summed E-state index contributed by atoms with van der Waals surface area (Å²) in [6.45, 7) is 10.4. The SMILES string of the molecule is C=CC(=O)C[C@H]1COC[C@H]1Nc1ncc2cc(-c3c(Cl)c(OC)cc(OC)c3Cl)nc(NCCCCNC(C)C)c2n1. The smallest absolute Gasteiger partial charge is 0.223 e. The number of benzene rings is 1. The number of methoxy groups -OCH3 is 2. The zero-order chi connectivity index (χ0) is 30.2. The van der Waals surface area contributed by atoms with Crippen LogP contribution in [0.2, 0.25) is 10.0 Å². The highest BCUT2D eigenvalue weighted by atomic mass is 35.5. The van der Waals surface area contributed by atoms with Crippen molar-refractivity contribution in [3.05, 3.63) is 41.0 Å². The third-order valence-corrected chi connectivity index (χ3v) is 7.80. The lowest BCUT2D eigenvalue weighted by Crippen LogP contribution is -2.30. The summed E-state index contributed by atoms with van der Waals surface area (Å²) in [7, 11) is 3.06. The first-order chi connectivity index (χ1) is 20.2. The summed E-state index contributed by atoms with van der Waals surface area (Å²) in [5, 5.41) is 11.6. The van der Waals surface area contributed by atoms with Gasteiger partial charge in [-0.05, 0) is 31.5 Å². The zero-order valence-electron chi connectivity index (χ0n) is 24.4. The van der Waals surface area contributed by atoms with Gasteiger partial charge in [0.15, 0.2) is 11.6 Å². The van der Waals surface area contributed by atoms with Gasteiger partial charge < -0.3 is 30.2 Å². The van der Waals surface area contributed by atoms with E-state index >= 15 is 0 Å². The van der Waals surface area contributed by atoms with E-state index in [0.29, 0.717) is 82.3 Å². The Bertz CT molecular complexity index is 1390. The molecule has 0 bridgehead atoms. The number of allylic oxidation sites excluding steroid dienone is 1. The Morgan fingerprint density at radius 1 is 1.12 bits per heavy atom. The lowest BCUT2D eigenvalue weighted by Gasteiger charge is -2.19. The number of nitrogens with one attached hydrogen (secondary N) is 3. The summed E-state index contributed by atoms with van der Waals surface area (Å²) in [5.74, 6) is 1.81. The van der Waals surface area contributed by atoms with Gasteiger partial charge in [0.05, 0.1) is 49.2 Å². The molecule has 1 aliphatic heterocycles. The number of pyridine rings is 1. The third kappa shape index (κ3) is 7.60. The number of ether oxygens (including phenoxy) is 3. The van der Waals surface area contributed by atoms with E-state index in [0.717, 1.165) is 24.8 Å². The number of carbonyl (C=O) groups excluding carboxylic acids is 1. The molecule has 0 unspecified atom stereocenters. The van der Waals surface area contributed by atoms with Crippen LogP contribution in [0.5, 0.6) is 11.5 Å². The van der Waals surface area contributed by atoms with Crippen molar-refractivity contribution >= 4 is 51.7 Å². The molecule has 1 fully saturated rings. The molecule has 10 nitrogen and oxygen atoms in total. The number of rotatable bonds is 15. The average molecular weight is 618 g/mol. The van der Waals surface area contributed by atoms with Gasteiger partial charge in [-0.3, -0.25) is 4.79 Å². The molecule has 2 atom stereocenters. The number of halogens is 2. The standard InChI is InChI=1S/C30H38Cl2N6O4/c1-6-20(39)11-19-15-42-16-22(19)37-30-35-14-18-12-21(25-26(31)23(40-4)13-24(41-5)27(25)32)36-29(28(18)38-30)34-10-8-7-9-33-17(2)3/h6,12-14,17,19,22,33H,1,7-11,15-16H2,2-5H3,(H,34,36)(H,35,37,38)/t19-,22+/m0/s1. The minimum Gasteiger partial charge on any atom is -0.495 e. The van der Waals surface area contributed by atoms with Crippen LogP contribution >= 0.6 is 23.2 Å². The van der Waals surface area contributed by atoms with Crippen molar-refractivity contribution in [2.45, 2.75) is 45.2 Å². The summed E-state index contributed by atoms with van der Waals surface area (Å²) >= 11 is 13.5. The molecule has 1 aromatic carbocycles. The summed E-state index contributed by atoms with van der Waals surface area (Å²) in [5.41, 5.74) is 1.65.